The summed E-state index contributed by atoms with van der Waals surface area (Å²) in [5.41, 5.74) is 1.09. The van der Waals surface area contributed by atoms with Crippen molar-refractivity contribution >= 4 is 5.78 Å². The van der Waals surface area contributed by atoms with Crippen LogP contribution in [0, 0.1) is 17.6 Å². The van der Waals surface area contributed by atoms with Crippen LogP contribution in [-0.2, 0) is 0 Å². The Kier molecular flexibility index (Phi) is 2.90. The summed E-state index contributed by atoms with van der Waals surface area (Å²) in [4.78, 5) is 12.2. The van der Waals surface area contributed by atoms with Gasteiger partial charge in [-0.05, 0) is 48.2 Å². The third-order valence-electron chi connectivity index (χ3n) is 3.56. The Bertz CT molecular complexity index is 619. The van der Waals surface area contributed by atoms with Crippen LogP contribution in [0.5, 0.6) is 0 Å². The van der Waals surface area contributed by atoms with Gasteiger partial charge in [-0.3, -0.25) is 4.79 Å². The molecule has 2 aromatic rings. The first-order chi connectivity index (χ1) is 9.16. The summed E-state index contributed by atoms with van der Waals surface area (Å²) >= 11 is 0. The van der Waals surface area contributed by atoms with Crippen molar-refractivity contribution in [3.05, 3.63) is 71.3 Å². The van der Waals surface area contributed by atoms with Gasteiger partial charge in [0.25, 0.3) is 0 Å². The van der Waals surface area contributed by atoms with Crippen LogP contribution in [0.2, 0.25) is 0 Å². The molecule has 0 amide bonds. The second-order valence-corrected chi connectivity index (χ2v) is 4.84. The minimum atomic E-state index is -0.363. The van der Waals surface area contributed by atoms with E-state index in [4.69, 9.17) is 0 Å². The molecule has 0 N–H and O–H groups in total. The molecule has 3 heteroatoms. The van der Waals surface area contributed by atoms with Crippen LogP contribution in [0.25, 0.3) is 0 Å². The quantitative estimate of drug-likeness (QED) is 0.762. The standard InChI is InChI=1S/C16H12F2O/c17-11-7-5-10(6-8-11)16(19)14-9-13(14)12-3-1-2-4-15(12)18/h1-8,13-14H,9H2. The molecule has 1 saturated carbocycles. The maximum atomic E-state index is 13.6. The smallest absolute Gasteiger partial charge is 0.166 e. The van der Waals surface area contributed by atoms with Gasteiger partial charge in [0.05, 0.1) is 0 Å². The van der Waals surface area contributed by atoms with Gasteiger partial charge in [0.2, 0.25) is 0 Å². The van der Waals surface area contributed by atoms with E-state index in [1.807, 2.05) is 0 Å². The largest absolute Gasteiger partial charge is 0.294 e. The summed E-state index contributed by atoms with van der Waals surface area (Å²) in [5, 5.41) is 0. The lowest BCUT2D eigenvalue weighted by molar-refractivity contribution is 0.0965. The van der Waals surface area contributed by atoms with Gasteiger partial charge in [-0.15, -0.1) is 0 Å². The number of hydrogen-bond donors (Lipinski definition) is 0. The molecule has 2 aromatic carbocycles. The SMILES string of the molecule is O=C(c1ccc(F)cc1)C1CC1c1ccccc1F. The molecule has 0 heterocycles. The van der Waals surface area contributed by atoms with Crippen LogP contribution in [0.15, 0.2) is 48.5 Å². The van der Waals surface area contributed by atoms with E-state index in [2.05, 4.69) is 0 Å². The predicted molar refractivity (Wildman–Crippen MR) is 68.0 cm³/mol. The summed E-state index contributed by atoms with van der Waals surface area (Å²) in [5.74, 6) is -0.880. The van der Waals surface area contributed by atoms with E-state index >= 15 is 0 Å². The molecule has 0 spiro atoms. The lowest BCUT2D eigenvalue weighted by Gasteiger charge is -2.02. The zero-order valence-corrected chi connectivity index (χ0v) is 10.1. The number of Topliss-reactive ketones (excluding diaryl/α,β-unsaturated/α-hetero) is 1. The Hall–Kier alpha value is -2.03. The van der Waals surface area contributed by atoms with Gasteiger partial charge >= 0.3 is 0 Å². The number of hydrogen-bond acceptors (Lipinski definition) is 1. The highest BCUT2D eigenvalue weighted by atomic mass is 19.1. The molecule has 1 fully saturated rings. The second kappa shape index (κ2) is 4.57. The van der Waals surface area contributed by atoms with Gasteiger partial charge in [-0.25, -0.2) is 8.78 Å². The van der Waals surface area contributed by atoms with Gasteiger partial charge in [0, 0.05) is 11.5 Å². The van der Waals surface area contributed by atoms with E-state index < -0.39 is 0 Å². The fourth-order valence-corrected chi connectivity index (χ4v) is 2.43. The molecule has 96 valence electrons. The van der Waals surface area contributed by atoms with E-state index in [0.29, 0.717) is 17.5 Å². The van der Waals surface area contributed by atoms with E-state index in [1.54, 1.807) is 18.2 Å². The topological polar surface area (TPSA) is 17.1 Å². The molecular formula is C16H12F2O. The molecule has 1 aliphatic carbocycles. The van der Waals surface area contributed by atoms with E-state index in [1.165, 1.54) is 30.3 Å². The van der Waals surface area contributed by atoms with Gasteiger partial charge in [0.1, 0.15) is 11.6 Å². The predicted octanol–water partition coefficient (Wildman–Crippen LogP) is 3.95. The molecule has 0 aromatic heterocycles. The monoisotopic (exact) mass is 258 g/mol. The zero-order valence-electron chi connectivity index (χ0n) is 10.1. The van der Waals surface area contributed by atoms with Gasteiger partial charge in [-0.1, -0.05) is 18.2 Å². The summed E-state index contributed by atoms with van der Waals surface area (Å²) in [6, 6.07) is 12.0. The van der Waals surface area contributed by atoms with Gasteiger partial charge in [0.15, 0.2) is 5.78 Å². The molecule has 0 aliphatic heterocycles. The highest BCUT2D eigenvalue weighted by molar-refractivity contribution is 6.00. The molecule has 2 unspecified atom stereocenters. The number of ketones is 1. The van der Waals surface area contributed by atoms with E-state index in [9.17, 15) is 13.6 Å². The first-order valence-electron chi connectivity index (χ1n) is 6.21. The molecule has 0 radical (unpaired) electrons. The minimum Gasteiger partial charge on any atom is -0.294 e. The molecule has 2 atom stereocenters. The maximum Gasteiger partial charge on any atom is 0.166 e. The van der Waals surface area contributed by atoms with E-state index in [0.717, 1.165) is 0 Å². The lowest BCUT2D eigenvalue weighted by Crippen LogP contribution is -2.03. The Morgan fingerprint density at radius 3 is 2.37 bits per heavy atom. The highest BCUT2D eigenvalue weighted by Gasteiger charge is 2.45. The molecule has 1 nitrogen and oxygen atoms in total. The number of benzene rings is 2. The zero-order chi connectivity index (χ0) is 13.4. The molecule has 1 aliphatic rings. The van der Waals surface area contributed by atoms with Crippen molar-refractivity contribution in [1.29, 1.82) is 0 Å². The molecule has 19 heavy (non-hydrogen) atoms. The van der Waals surface area contributed by atoms with Crippen molar-refractivity contribution in [2.24, 2.45) is 5.92 Å². The minimum absolute atomic E-state index is 0.0340. The molecule has 3 rings (SSSR count). The van der Waals surface area contributed by atoms with Crippen molar-refractivity contribution < 1.29 is 13.6 Å². The van der Waals surface area contributed by atoms with Crippen LogP contribution in [-0.4, -0.2) is 5.78 Å². The second-order valence-electron chi connectivity index (χ2n) is 4.84. The molecular weight excluding hydrogens is 246 g/mol. The summed E-state index contributed by atoms with van der Waals surface area (Å²) in [6.45, 7) is 0. The lowest BCUT2D eigenvalue weighted by atomic mass is 10.0. The summed E-state index contributed by atoms with van der Waals surface area (Å²) < 4.78 is 26.4. The van der Waals surface area contributed by atoms with Crippen molar-refractivity contribution in [3.8, 4) is 0 Å². The molecule has 0 bridgehead atoms. The van der Waals surface area contributed by atoms with Crippen LogP contribution in [0.4, 0.5) is 8.78 Å². The Morgan fingerprint density at radius 2 is 1.68 bits per heavy atom. The Labute approximate surface area is 109 Å². The third-order valence-corrected chi connectivity index (χ3v) is 3.56. The summed E-state index contributed by atoms with van der Waals surface area (Å²) in [7, 11) is 0. The first kappa shape index (κ1) is 12.0. The number of carbonyl (C=O) groups excluding carboxylic acids is 1. The fraction of sp³-hybridized carbons (Fsp3) is 0.188. The highest BCUT2D eigenvalue weighted by Crippen LogP contribution is 2.49. The average Bonchev–Trinajstić information content (AvgIpc) is 3.19. The van der Waals surface area contributed by atoms with Gasteiger partial charge < -0.3 is 0 Å². The maximum absolute atomic E-state index is 13.6. The fourth-order valence-electron chi connectivity index (χ4n) is 2.43. The average molecular weight is 258 g/mol. The van der Waals surface area contributed by atoms with Crippen molar-refractivity contribution in [3.63, 3.8) is 0 Å². The van der Waals surface area contributed by atoms with Crippen molar-refractivity contribution in [2.75, 3.05) is 0 Å². The van der Waals surface area contributed by atoms with Gasteiger partial charge in [-0.2, -0.15) is 0 Å². The summed E-state index contributed by atoms with van der Waals surface area (Å²) in [6.07, 6.45) is 0.664. The van der Waals surface area contributed by atoms with Crippen LogP contribution < -0.4 is 0 Å². The number of halogens is 2. The van der Waals surface area contributed by atoms with Crippen LogP contribution in [0.1, 0.15) is 28.3 Å². The van der Waals surface area contributed by atoms with Crippen LogP contribution >= 0.6 is 0 Å². The Balaban J connectivity index is 1.78. The number of rotatable bonds is 3. The number of carbonyl (C=O) groups is 1. The molecule has 0 saturated heterocycles. The normalized spacial score (nSPS) is 21.2. The van der Waals surface area contributed by atoms with Crippen molar-refractivity contribution in [2.45, 2.75) is 12.3 Å². The Morgan fingerprint density at radius 1 is 1.00 bits per heavy atom. The van der Waals surface area contributed by atoms with Crippen molar-refractivity contribution in [1.82, 2.24) is 0 Å². The first-order valence-corrected chi connectivity index (χ1v) is 6.21. The van der Waals surface area contributed by atoms with E-state index in [-0.39, 0.29) is 29.3 Å². The van der Waals surface area contributed by atoms with Crippen LogP contribution in [0.3, 0.4) is 0 Å². The third kappa shape index (κ3) is 2.28.